The van der Waals surface area contributed by atoms with Crippen molar-refractivity contribution in [1.29, 1.82) is 0 Å². The van der Waals surface area contributed by atoms with E-state index in [1.165, 1.54) is 0 Å². The highest BCUT2D eigenvalue weighted by molar-refractivity contribution is 5.90. The largest absolute Gasteiger partial charge is 0.486 e. The summed E-state index contributed by atoms with van der Waals surface area (Å²) in [6.07, 6.45) is 0. The van der Waals surface area contributed by atoms with Crippen LogP contribution in [-0.4, -0.2) is 19.2 Å². The van der Waals surface area contributed by atoms with Gasteiger partial charge in [-0.25, -0.2) is 4.79 Å². The van der Waals surface area contributed by atoms with Crippen molar-refractivity contribution < 1.29 is 14.3 Å². The molecule has 108 valence electrons. The van der Waals surface area contributed by atoms with Crippen LogP contribution in [0.25, 0.3) is 0 Å². The lowest BCUT2D eigenvalue weighted by atomic mass is 10.2. The minimum Gasteiger partial charge on any atom is -0.486 e. The summed E-state index contributed by atoms with van der Waals surface area (Å²) in [5, 5.41) is 2.71. The molecule has 0 bridgehead atoms. The van der Waals surface area contributed by atoms with Crippen LogP contribution in [0.3, 0.4) is 0 Å². The minimum atomic E-state index is -0.365. The zero-order chi connectivity index (χ0) is 14.5. The molecule has 2 aromatic carbocycles. The highest BCUT2D eigenvalue weighted by Crippen LogP contribution is 2.32. The van der Waals surface area contributed by atoms with E-state index in [2.05, 4.69) is 16.2 Å². The first-order valence-corrected chi connectivity index (χ1v) is 6.59. The first-order chi connectivity index (χ1) is 10.3. The van der Waals surface area contributed by atoms with Gasteiger partial charge in [-0.15, -0.1) is 0 Å². The Morgan fingerprint density at radius 2 is 1.67 bits per heavy atom. The molecule has 0 unspecified atom stereocenters. The standard InChI is InChI=1S/C15H15N3O3/c19-15(18-17-11-4-2-1-3-5-11)16-12-6-7-13-14(10-12)21-9-8-20-13/h1-7,10,17H,8-9H2,(H2,16,18,19). The van der Waals surface area contributed by atoms with Crippen LogP contribution in [0.4, 0.5) is 16.2 Å². The fourth-order valence-electron chi connectivity index (χ4n) is 1.93. The number of amides is 2. The quantitative estimate of drug-likeness (QED) is 0.758. The van der Waals surface area contributed by atoms with Crippen molar-refractivity contribution >= 4 is 17.4 Å². The second kappa shape index (κ2) is 6.04. The molecule has 21 heavy (non-hydrogen) atoms. The van der Waals surface area contributed by atoms with Gasteiger partial charge >= 0.3 is 6.03 Å². The van der Waals surface area contributed by atoms with Crippen molar-refractivity contribution in [2.45, 2.75) is 0 Å². The summed E-state index contributed by atoms with van der Waals surface area (Å²) in [6, 6.07) is 14.3. The van der Waals surface area contributed by atoms with Gasteiger partial charge in [0.1, 0.15) is 13.2 Å². The van der Waals surface area contributed by atoms with Crippen LogP contribution in [0, 0.1) is 0 Å². The summed E-state index contributed by atoms with van der Waals surface area (Å²) in [6.45, 7) is 1.06. The Bertz CT molecular complexity index is 631. The van der Waals surface area contributed by atoms with Crippen molar-refractivity contribution in [3.63, 3.8) is 0 Å². The highest BCUT2D eigenvalue weighted by Gasteiger charge is 2.12. The number of carbonyl (C=O) groups is 1. The molecular weight excluding hydrogens is 270 g/mol. The molecule has 0 radical (unpaired) electrons. The third-order valence-electron chi connectivity index (χ3n) is 2.89. The average molecular weight is 285 g/mol. The molecule has 0 aromatic heterocycles. The molecule has 2 amide bonds. The van der Waals surface area contributed by atoms with E-state index in [1.54, 1.807) is 18.2 Å². The molecule has 0 atom stereocenters. The van der Waals surface area contributed by atoms with Gasteiger partial charge < -0.3 is 14.8 Å². The van der Waals surface area contributed by atoms with Gasteiger partial charge in [-0.1, -0.05) is 18.2 Å². The topological polar surface area (TPSA) is 71.6 Å². The Labute approximate surface area is 122 Å². The molecule has 3 N–H and O–H groups in total. The number of nitrogens with one attached hydrogen (secondary N) is 3. The number of benzene rings is 2. The molecule has 6 heteroatoms. The van der Waals surface area contributed by atoms with E-state index in [1.807, 2.05) is 30.3 Å². The van der Waals surface area contributed by atoms with Gasteiger partial charge in [0, 0.05) is 11.8 Å². The van der Waals surface area contributed by atoms with E-state index in [9.17, 15) is 4.79 Å². The molecule has 0 aliphatic carbocycles. The van der Waals surface area contributed by atoms with Gasteiger partial charge in [0.2, 0.25) is 0 Å². The zero-order valence-electron chi connectivity index (χ0n) is 11.3. The number of anilines is 2. The number of ether oxygens (including phenoxy) is 2. The van der Waals surface area contributed by atoms with Crippen LogP contribution in [-0.2, 0) is 0 Å². The molecule has 6 nitrogen and oxygen atoms in total. The first-order valence-electron chi connectivity index (χ1n) is 6.59. The molecule has 0 saturated carbocycles. The van der Waals surface area contributed by atoms with Crippen LogP contribution in [0.1, 0.15) is 0 Å². The Morgan fingerprint density at radius 1 is 0.905 bits per heavy atom. The molecule has 0 saturated heterocycles. The Morgan fingerprint density at radius 3 is 2.48 bits per heavy atom. The van der Waals surface area contributed by atoms with Gasteiger partial charge in [-0.05, 0) is 24.3 Å². The van der Waals surface area contributed by atoms with E-state index in [-0.39, 0.29) is 6.03 Å². The number of hydrogen-bond acceptors (Lipinski definition) is 4. The third kappa shape index (κ3) is 3.36. The van der Waals surface area contributed by atoms with Crippen molar-refractivity contribution in [2.75, 3.05) is 24.0 Å². The molecule has 0 spiro atoms. The van der Waals surface area contributed by atoms with Crippen molar-refractivity contribution in [3.8, 4) is 11.5 Å². The predicted octanol–water partition coefficient (Wildman–Crippen LogP) is 2.61. The summed E-state index contributed by atoms with van der Waals surface area (Å²) in [5.74, 6) is 1.32. The van der Waals surface area contributed by atoms with Crippen molar-refractivity contribution in [2.24, 2.45) is 0 Å². The van der Waals surface area contributed by atoms with Crippen molar-refractivity contribution in [1.82, 2.24) is 5.43 Å². The van der Waals surface area contributed by atoms with Gasteiger partial charge in [0.15, 0.2) is 11.5 Å². The normalized spacial score (nSPS) is 12.4. The Balaban J connectivity index is 1.57. The minimum absolute atomic E-state index is 0.365. The average Bonchev–Trinajstić information content (AvgIpc) is 2.54. The van der Waals surface area contributed by atoms with Gasteiger partial charge in [0.25, 0.3) is 0 Å². The maximum atomic E-state index is 11.8. The molecule has 2 aromatic rings. The molecule has 3 rings (SSSR count). The number of hydrogen-bond donors (Lipinski definition) is 3. The maximum Gasteiger partial charge on any atom is 0.337 e. The first kappa shape index (κ1) is 13.1. The number of hydrazine groups is 1. The van der Waals surface area contributed by atoms with Crippen LogP contribution >= 0.6 is 0 Å². The zero-order valence-corrected chi connectivity index (χ0v) is 11.3. The van der Waals surface area contributed by atoms with Crippen LogP contribution in [0.5, 0.6) is 11.5 Å². The van der Waals surface area contributed by atoms with E-state index in [0.29, 0.717) is 30.4 Å². The lowest BCUT2D eigenvalue weighted by Crippen LogP contribution is -2.33. The highest BCUT2D eigenvalue weighted by atomic mass is 16.6. The number of rotatable bonds is 3. The number of para-hydroxylation sites is 1. The Kier molecular flexibility index (Phi) is 3.77. The fraction of sp³-hybridized carbons (Fsp3) is 0.133. The summed E-state index contributed by atoms with van der Waals surface area (Å²) < 4.78 is 10.9. The predicted molar refractivity (Wildman–Crippen MR) is 79.7 cm³/mol. The van der Waals surface area contributed by atoms with E-state index in [4.69, 9.17) is 9.47 Å². The monoisotopic (exact) mass is 285 g/mol. The summed E-state index contributed by atoms with van der Waals surface area (Å²) in [5.41, 5.74) is 6.80. The molecule has 1 heterocycles. The SMILES string of the molecule is O=C(NNc1ccccc1)Nc1ccc2c(c1)OCCO2. The molecule has 0 fully saturated rings. The number of carbonyl (C=O) groups excluding carboxylic acids is 1. The second-order valence-electron chi connectivity index (χ2n) is 4.43. The molecule has 1 aliphatic rings. The summed E-state index contributed by atoms with van der Waals surface area (Å²) in [7, 11) is 0. The van der Waals surface area contributed by atoms with Crippen LogP contribution in [0.15, 0.2) is 48.5 Å². The number of fused-ring (bicyclic) bond motifs is 1. The third-order valence-corrected chi connectivity index (χ3v) is 2.89. The summed E-state index contributed by atoms with van der Waals surface area (Å²) >= 11 is 0. The lowest BCUT2D eigenvalue weighted by Gasteiger charge is -2.19. The van der Waals surface area contributed by atoms with E-state index < -0.39 is 0 Å². The molecule has 1 aliphatic heterocycles. The van der Waals surface area contributed by atoms with Gasteiger partial charge in [0.05, 0.1) is 5.69 Å². The van der Waals surface area contributed by atoms with Crippen LogP contribution < -0.4 is 25.6 Å². The fourth-order valence-corrected chi connectivity index (χ4v) is 1.93. The van der Waals surface area contributed by atoms with E-state index >= 15 is 0 Å². The second-order valence-corrected chi connectivity index (χ2v) is 4.43. The smallest absolute Gasteiger partial charge is 0.337 e. The maximum absolute atomic E-state index is 11.8. The van der Waals surface area contributed by atoms with Crippen molar-refractivity contribution in [3.05, 3.63) is 48.5 Å². The number of urea groups is 1. The van der Waals surface area contributed by atoms with E-state index in [0.717, 1.165) is 5.69 Å². The summed E-state index contributed by atoms with van der Waals surface area (Å²) in [4.78, 5) is 11.8. The van der Waals surface area contributed by atoms with Gasteiger partial charge in [-0.2, -0.15) is 0 Å². The molecular formula is C15H15N3O3. The lowest BCUT2D eigenvalue weighted by molar-refractivity contribution is 0.171. The van der Waals surface area contributed by atoms with Crippen LogP contribution in [0.2, 0.25) is 0 Å². The van der Waals surface area contributed by atoms with Gasteiger partial charge in [-0.3, -0.25) is 10.9 Å². The Hall–Kier alpha value is -2.89.